The smallest absolute Gasteiger partial charge is 0.304 e. The van der Waals surface area contributed by atoms with Crippen LogP contribution < -0.4 is 15.5 Å². The van der Waals surface area contributed by atoms with Gasteiger partial charge in [-0.05, 0) is 13.0 Å². The molecule has 0 saturated heterocycles. The van der Waals surface area contributed by atoms with E-state index in [1.807, 2.05) is 24.4 Å². The third-order valence-corrected chi connectivity index (χ3v) is 2.89. The Hall–Kier alpha value is -1.82. The second-order valence-electron chi connectivity index (χ2n) is 3.49. The van der Waals surface area contributed by atoms with Gasteiger partial charge in [0.05, 0.1) is 6.54 Å². The number of thiazole rings is 1. The van der Waals surface area contributed by atoms with Crippen molar-refractivity contribution in [1.29, 1.82) is 0 Å². The lowest BCUT2D eigenvalue weighted by Gasteiger charge is -2.07. The molecule has 0 unspecified atom stereocenters. The van der Waals surface area contributed by atoms with Crippen LogP contribution in [0, 0.1) is 0 Å². The molecule has 17 heavy (non-hydrogen) atoms. The topological polar surface area (TPSA) is 69.8 Å². The van der Waals surface area contributed by atoms with Crippen LogP contribution in [0.2, 0.25) is 0 Å². The monoisotopic (exact) mass is 250 g/mol. The predicted molar refractivity (Wildman–Crippen MR) is 70.7 cm³/mol. The Balaban J connectivity index is 1.98. The number of nitrogens with one attached hydrogen (secondary N) is 3. The lowest BCUT2D eigenvalue weighted by molar-refractivity contribution is 1.06. The Morgan fingerprint density at radius 3 is 3.06 bits per heavy atom. The van der Waals surface area contributed by atoms with Crippen molar-refractivity contribution < 1.29 is 0 Å². The van der Waals surface area contributed by atoms with Gasteiger partial charge in [0.15, 0.2) is 0 Å². The number of hydrogen-bond acceptors (Lipinski definition) is 5. The molecule has 0 saturated carbocycles. The number of pyridine rings is 1. The van der Waals surface area contributed by atoms with Crippen LogP contribution >= 0.6 is 11.3 Å². The first-order valence-corrected chi connectivity index (χ1v) is 6.26. The minimum absolute atomic E-state index is 0.0233. The molecule has 0 aromatic carbocycles. The van der Waals surface area contributed by atoms with E-state index in [9.17, 15) is 4.79 Å². The molecule has 2 aromatic heterocycles. The summed E-state index contributed by atoms with van der Waals surface area (Å²) in [5, 5.41) is 8.19. The summed E-state index contributed by atoms with van der Waals surface area (Å²) in [6, 6.07) is 3.83. The fourth-order valence-electron chi connectivity index (χ4n) is 1.42. The first-order chi connectivity index (χ1) is 8.28. The van der Waals surface area contributed by atoms with Crippen LogP contribution in [0.15, 0.2) is 28.5 Å². The van der Waals surface area contributed by atoms with Gasteiger partial charge in [0.25, 0.3) is 0 Å². The molecule has 0 amide bonds. The lowest BCUT2D eigenvalue weighted by atomic mass is 10.3. The van der Waals surface area contributed by atoms with Crippen LogP contribution in [0.25, 0.3) is 0 Å². The van der Waals surface area contributed by atoms with E-state index in [0.717, 1.165) is 23.7 Å². The van der Waals surface area contributed by atoms with Gasteiger partial charge < -0.3 is 15.6 Å². The minimum atomic E-state index is -0.0233. The summed E-state index contributed by atoms with van der Waals surface area (Å²) < 4.78 is 0. The number of H-pyrrole nitrogens is 1. The van der Waals surface area contributed by atoms with Crippen molar-refractivity contribution in [3.8, 4) is 0 Å². The first kappa shape index (κ1) is 11.7. The number of rotatable bonds is 5. The Kier molecular flexibility index (Phi) is 3.77. The zero-order valence-electron chi connectivity index (χ0n) is 9.49. The van der Waals surface area contributed by atoms with E-state index in [4.69, 9.17) is 0 Å². The van der Waals surface area contributed by atoms with Gasteiger partial charge in [0.1, 0.15) is 5.82 Å². The highest BCUT2D eigenvalue weighted by Gasteiger charge is 1.98. The summed E-state index contributed by atoms with van der Waals surface area (Å²) >= 11 is 1.18. The zero-order valence-corrected chi connectivity index (χ0v) is 10.3. The van der Waals surface area contributed by atoms with Crippen LogP contribution in [0.5, 0.6) is 0 Å². The van der Waals surface area contributed by atoms with Gasteiger partial charge >= 0.3 is 4.87 Å². The molecular weight excluding hydrogens is 236 g/mol. The van der Waals surface area contributed by atoms with E-state index in [-0.39, 0.29) is 4.87 Å². The highest BCUT2D eigenvalue weighted by molar-refractivity contribution is 7.07. The SMILES string of the molecule is CCNc1cc(NCc2csc(=O)[nH]2)ccn1. The average molecular weight is 250 g/mol. The van der Waals surface area contributed by atoms with E-state index in [2.05, 4.69) is 20.6 Å². The third kappa shape index (κ3) is 3.32. The highest BCUT2D eigenvalue weighted by Crippen LogP contribution is 2.12. The number of anilines is 2. The Morgan fingerprint density at radius 2 is 2.35 bits per heavy atom. The van der Waals surface area contributed by atoms with Gasteiger partial charge in [0.2, 0.25) is 0 Å². The quantitative estimate of drug-likeness (QED) is 0.757. The van der Waals surface area contributed by atoms with E-state index in [1.54, 1.807) is 6.20 Å². The molecule has 2 aromatic rings. The maximum atomic E-state index is 11.0. The Labute approximate surface area is 103 Å². The molecule has 0 fully saturated rings. The molecule has 2 heterocycles. The molecular formula is C11H14N4OS. The summed E-state index contributed by atoms with van der Waals surface area (Å²) in [5.41, 5.74) is 1.87. The molecule has 0 spiro atoms. The standard InChI is InChI=1S/C11H14N4OS/c1-2-12-10-5-8(3-4-13-10)14-6-9-7-17-11(16)15-9/h3-5,7H,2,6H2,1H3,(H,15,16)(H2,12,13,14). The second kappa shape index (κ2) is 5.49. The van der Waals surface area contributed by atoms with Gasteiger partial charge in [0, 0.05) is 35.6 Å². The molecule has 0 aliphatic heterocycles. The van der Waals surface area contributed by atoms with Crippen molar-refractivity contribution in [2.75, 3.05) is 17.2 Å². The van der Waals surface area contributed by atoms with Crippen LogP contribution in [-0.4, -0.2) is 16.5 Å². The summed E-state index contributed by atoms with van der Waals surface area (Å²) in [5.74, 6) is 0.844. The van der Waals surface area contributed by atoms with E-state index in [0.29, 0.717) is 6.54 Å². The maximum absolute atomic E-state index is 11.0. The molecule has 0 aliphatic rings. The van der Waals surface area contributed by atoms with E-state index in [1.165, 1.54) is 11.3 Å². The van der Waals surface area contributed by atoms with Gasteiger partial charge in [-0.3, -0.25) is 4.79 Å². The largest absolute Gasteiger partial charge is 0.379 e. The number of nitrogens with zero attached hydrogens (tertiary/aromatic N) is 1. The highest BCUT2D eigenvalue weighted by atomic mass is 32.1. The number of aromatic amines is 1. The average Bonchev–Trinajstić information content (AvgIpc) is 2.74. The Morgan fingerprint density at radius 1 is 1.47 bits per heavy atom. The first-order valence-electron chi connectivity index (χ1n) is 5.38. The van der Waals surface area contributed by atoms with Gasteiger partial charge in [-0.1, -0.05) is 11.3 Å². The van der Waals surface area contributed by atoms with Crippen LogP contribution in [0.4, 0.5) is 11.5 Å². The van der Waals surface area contributed by atoms with Crippen LogP contribution in [-0.2, 0) is 6.54 Å². The van der Waals surface area contributed by atoms with E-state index >= 15 is 0 Å². The van der Waals surface area contributed by atoms with Gasteiger partial charge in [-0.2, -0.15) is 0 Å². The Bertz CT molecular complexity index is 534. The molecule has 0 radical (unpaired) electrons. The number of hydrogen-bond donors (Lipinski definition) is 3. The van der Waals surface area contributed by atoms with E-state index < -0.39 is 0 Å². The van der Waals surface area contributed by atoms with Crippen molar-refractivity contribution in [1.82, 2.24) is 9.97 Å². The predicted octanol–water partition coefficient (Wildman–Crippen LogP) is 1.88. The minimum Gasteiger partial charge on any atom is -0.379 e. The van der Waals surface area contributed by atoms with Crippen molar-refractivity contribution in [2.24, 2.45) is 0 Å². The van der Waals surface area contributed by atoms with Crippen LogP contribution in [0.1, 0.15) is 12.6 Å². The van der Waals surface area contributed by atoms with Crippen molar-refractivity contribution in [2.45, 2.75) is 13.5 Å². The second-order valence-corrected chi connectivity index (χ2v) is 4.33. The normalized spacial score (nSPS) is 10.2. The summed E-state index contributed by atoms with van der Waals surface area (Å²) in [6.45, 7) is 3.47. The fourth-order valence-corrected chi connectivity index (χ4v) is 2.00. The molecule has 90 valence electrons. The van der Waals surface area contributed by atoms with Crippen LogP contribution in [0.3, 0.4) is 0 Å². The lowest BCUT2D eigenvalue weighted by Crippen LogP contribution is -2.04. The molecule has 0 aliphatic carbocycles. The van der Waals surface area contributed by atoms with Crippen molar-refractivity contribution >= 4 is 22.8 Å². The molecule has 0 atom stereocenters. The number of aromatic nitrogens is 2. The fraction of sp³-hybridized carbons (Fsp3) is 0.273. The van der Waals surface area contributed by atoms with Crippen molar-refractivity contribution in [3.63, 3.8) is 0 Å². The molecule has 6 heteroatoms. The third-order valence-electron chi connectivity index (χ3n) is 2.17. The van der Waals surface area contributed by atoms with Gasteiger partial charge in [-0.15, -0.1) is 0 Å². The summed E-state index contributed by atoms with van der Waals surface area (Å²) in [4.78, 5) is 17.9. The molecule has 3 N–H and O–H groups in total. The molecule has 2 rings (SSSR count). The maximum Gasteiger partial charge on any atom is 0.304 e. The zero-order chi connectivity index (χ0) is 12.1. The summed E-state index contributed by atoms with van der Waals surface area (Å²) in [6.07, 6.45) is 1.75. The van der Waals surface area contributed by atoms with Crippen molar-refractivity contribution in [3.05, 3.63) is 39.1 Å². The molecule has 5 nitrogen and oxygen atoms in total. The summed E-state index contributed by atoms with van der Waals surface area (Å²) in [7, 11) is 0. The molecule has 0 bridgehead atoms. The van der Waals surface area contributed by atoms with Gasteiger partial charge in [-0.25, -0.2) is 4.98 Å².